The number of fused-ring (bicyclic) bond motifs is 1. The summed E-state index contributed by atoms with van der Waals surface area (Å²) in [6, 6.07) is 18.5. The number of nitrogens with zero attached hydrogens (tertiary/aromatic N) is 1. The van der Waals surface area contributed by atoms with Crippen molar-refractivity contribution in [2.45, 2.75) is 0 Å². The van der Waals surface area contributed by atoms with Crippen molar-refractivity contribution in [3.63, 3.8) is 0 Å². The molecule has 152 valence electrons. The monoisotopic (exact) mass is 465 g/mol. The summed E-state index contributed by atoms with van der Waals surface area (Å²) < 4.78 is 6.41. The summed E-state index contributed by atoms with van der Waals surface area (Å²) in [4.78, 5) is 24.5. The van der Waals surface area contributed by atoms with E-state index in [1.54, 1.807) is 18.2 Å². The van der Waals surface area contributed by atoms with Gasteiger partial charge >= 0.3 is 0 Å². The minimum atomic E-state index is -0.441. The lowest BCUT2D eigenvalue weighted by Crippen LogP contribution is -2.35. The van der Waals surface area contributed by atoms with Gasteiger partial charge in [-0.25, -0.2) is 5.43 Å². The van der Waals surface area contributed by atoms with Gasteiger partial charge in [-0.3, -0.25) is 9.59 Å². The van der Waals surface area contributed by atoms with E-state index in [2.05, 4.69) is 38.4 Å². The number of halogens is 1. The van der Waals surface area contributed by atoms with Gasteiger partial charge in [0, 0.05) is 15.6 Å². The van der Waals surface area contributed by atoms with Crippen LogP contribution in [0.15, 0.2) is 82.9 Å². The number of carbonyl (C=O) groups excluding carboxylic acids is 2. The molecule has 3 aromatic carbocycles. The Balaban J connectivity index is 1.58. The van der Waals surface area contributed by atoms with E-state index in [1.807, 2.05) is 48.5 Å². The van der Waals surface area contributed by atoms with Gasteiger partial charge in [0.15, 0.2) is 0 Å². The second-order valence-electron chi connectivity index (χ2n) is 6.28. The van der Waals surface area contributed by atoms with Crippen LogP contribution in [0.2, 0.25) is 0 Å². The third kappa shape index (κ3) is 5.55. The van der Waals surface area contributed by atoms with Gasteiger partial charge in [-0.05, 0) is 35.0 Å². The van der Waals surface area contributed by atoms with Crippen LogP contribution in [0.1, 0.15) is 15.9 Å². The summed E-state index contributed by atoms with van der Waals surface area (Å²) in [7, 11) is 0. The molecule has 30 heavy (non-hydrogen) atoms. The third-order valence-corrected chi connectivity index (χ3v) is 4.66. The molecule has 0 aliphatic carbocycles. The standard InChI is InChI=1S/C23H20BrN3O3/c1-2-12-30-21-11-10-18(24)13-17(21)14-26-27-22(28)15-25-23(29)20-9-5-7-16-6-3-4-8-19(16)20/h2-11,13-14H,1,12,15H2,(H,25,29)(H,27,28)/b26-14+. The van der Waals surface area contributed by atoms with Crippen molar-refractivity contribution in [1.29, 1.82) is 0 Å². The molecule has 0 fully saturated rings. The summed E-state index contributed by atoms with van der Waals surface area (Å²) in [5.74, 6) is -0.151. The fourth-order valence-electron chi connectivity index (χ4n) is 2.79. The lowest BCUT2D eigenvalue weighted by Gasteiger charge is -2.08. The highest BCUT2D eigenvalue weighted by molar-refractivity contribution is 9.10. The van der Waals surface area contributed by atoms with Gasteiger partial charge in [0.05, 0.1) is 12.8 Å². The number of benzene rings is 3. The summed E-state index contributed by atoms with van der Waals surface area (Å²) in [6.07, 6.45) is 3.12. The third-order valence-electron chi connectivity index (χ3n) is 4.17. The Bertz CT molecular complexity index is 1110. The maximum absolute atomic E-state index is 12.5. The van der Waals surface area contributed by atoms with Crippen LogP contribution in [-0.4, -0.2) is 31.2 Å². The number of ether oxygens (including phenoxy) is 1. The lowest BCUT2D eigenvalue weighted by atomic mass is 10.0. The largest absolute Gasteiger partial charge is 0.489 e. The molecule has 0 bridgehead atoms. The maximum Gasteiger partial charge on any atom is 0.259 e. The van der Waals surface area contributed by atoms with Crippen LogP contribution in [0.25, 0.3) is 10.8 Å². The Hall–Kier alpha value is -3.45. The van der Waals surface area contributed by atoms with Gasteiger partial charge in [0.2, 0.25) is 0 Å². The Morgan fingerprint density at radius 3 is 2.73 bits per heavy atom. The number of carbonyl (C=O) groups is 2. The van der Waals surface area contributed by atoms with E-state index in [-0.39, 0.29) is 12.5 Å². The number of hydrogen-bond acceptors (Lipinski definition) is 4. The van der Waals surface area contributed by atoms with E-state index in [0.29, 0.717) is 23.5 Å². The van der Waals surface area contributed by atoms with Crippen molar-refractivity contribution >= 4 is 44.7 Å². The molecule has 0 saturated carbocycles. The molecule has 0 radical (unpaired) electrons. The molecule has 0 unspecified atom stereocenters. The van der Waals surface area contributed by atoms with Crippen molar-refractivity contribution in [2.24, 2.45) is 5.10 Å². The molecule has 0 aliphatic rings. The highest BCUT2D eigenvalue weighted by Gasteiger charge is 2.11. The topological polar surface area (TPSA) is 79.8 Å². The predicted molar refractivity (Wildman–Crippen MR) is 122 cm³/mol. The lowest BCUT2D eigenvalue weighted by molar-refractivity contribution is -0.120. The molecule has 3 aromatic rings. The summed E-state index contributed by atoms with van der Waals surface area (Å²) in [5, 5.41) is 8.36. The average molecular weight is 466 g/mol. The first kappa shape index (κ1) is 21.3. The minimum absolute atomic E-state index is 0.197. The molecule has 0 aromatic heterocycles. The fourth-order valence-corrected chi connectivity index (χ4v) is 3.17. The van der Waals surface area contributed by atoms with Crippen molar-refractivity contribution in [1.82, 2.24) is 10.7 Å². The zero-order chi connectivity index (χ0) is 21.3. The van der Waals surface area contributed by atoms with Crippen molar-refractivity contribution in [3.8, 4) is 5.75 Å². The molecule has 0 atom stereocenters. The van der Waals surface area contributed by atoms with E-state index in [0.717, 1.165) is 15.2 Å². The van der Waals surface area contributed by atoms with Gasteiger partial charge in [-0.15, -0.1) is 0 Å². The van der Waals surface area contributed by atoms with Crippen LogP contribution >= 0.6 is 15.9 Å². The van der Waals surface area contributed by atoms with Crippen LogP contribution in [-0.2, 0) is 4.79 Å². The summed E-state index contributed by atoms with van der Waals surface area (Å²) >= 11 is 3.39. The molecular formula is C23H20BrN3O3. The zero-order valence-corrected chi connectivity index (χ0v) is 17.7. The number of rotatable bonds is 8. The van der Waals surface area contributed by atoms with E-state index in [1.165, 1.54) is 6.21 Å². The number of hydrogen-bond donors (Lipinski definition) is 2. The Kier molecular flexibility index (Phi) is 7.34. The second-order valence-corrected chi connectivity index (χ2v) is 7.20. The number of nitrogens with one attached hydrogen (secondary N) is 2. The first-order chi connectivity index (χ1) is 14.6. The summed E-state index contributed by atoms with van der Waals surface area (Å²) in [5.41, 5.74) is 3.61. The Morgan fingerprint density at radius 1 is 1.10 bits per heavy atom. The van der Waals surface area contributed by atoms with E-state index in [9.17, 15) is 9.59 Å². The van der Waals surface area contributed by atoms with Gasteiger partial charge < -0.3 is 10.1 Å². The highest BCUT2D eigenvalue weighted by Crippen LogP contribution is 2.22. The highest BCUT2D eigenvalue weighted by atomic mass is 79.9. The molecule has 7 heteroatoms. The molecule has 0 spiro atoms. The maximum atomic E-state index is 12.5. The molecule has 0 heterocycles. The molecular weight excluding hydrogens is 446 g/mol. The Morgan fingerprint density at radius 2 is 1.90 bits per heavy atom. The molecule has 2 amide bonds. The van der Waals surface area contributed by atoms with E-state index in [4.69, 9.17) is 4.74 Å². The van der Waals surface area contributed by atoms with Gasteiger partial charge in [0.25, 0.3) is 11.8 Å². The quantitative estimate of drug-likeness (QED) is 0.299. The number of hydrazone groups is 1. The van der Waals surface area contributed by atoms with Crippen LogP contribution in [0, 0.1) is 0 Å². The van der Waals surface area contributed by atoms with Crippen LogP contribution in [0.5, 0.6) is 5.75 Å². The van der Waals surface area contributed by atoms with Crippen LogP contribution in [0.3, 0.4) is 0 Å². The first-order valence-corrected chi connectivity index (χ1v) is 9.99. The second kappa shape index (κ2) is 10.4. The van der Waals surface area contributed by atoms with Crippen molar-refractivity contribution in [2.75, 3.05) is 13.2 Å². The molecule has 0 saturated heterocycles. The first-order valence-electron chi connectivity index (χ1n) is 9.19. The van der Waals surface area contributed by atoms with Gasteiger partial charge in [-0.2, -0.15) is 5.10 Å². The van der Waals surface area contributed by atoms with Crippen molar-refractivity contribution in [3.05, 3.63) is 88.9 Å². The summed E-state index contributed by atoms with van der Waals surface area (Å²) in [6.45, 7) is 3.78. The average Bonchev–Trinajstić information content (AvgIpc) is 2.76. The zero-order valence-electron chi connectivity index (χ0n) is 16.1. The van der Waals surface area contributed by atoms with Gasteiger partial charge in [0.1, 0.15) is 12.4 Å². The SMILES string of the molecule is C=CCOc1ccc(Br)cc1/C=N/NC(=O)CNC(=O)c1cccc2ccccc12. The smallest absolute Gasteiger partial charge is 0.259 e. The molecule has 3 rings (SSSR count). The van der Waals surface area contributed by atoms with E-state index >= 15 is 0 Å². The molecule has 0 aliphatic heterocycles. The fraction of sp³-hybridized carbons (Fsp3) is 0.0870. The van der Waals surface area contributed by atoms with Crippen LogP contribution in [0.4, 0.5) is 0 Å². The van der Waals surface area contributed by atoms with Crippen LogP contribution < -0.4 is 15.5 Å². The van der Waals surface area contributed by atoms with E-state index < -0.39 is 5.91 Å². The Labute approximate surface area is 182 Å². The van der Waals surface area contributed by atoms with Gasteiger partial charge in [-0.1, -0.05) is 65.0 Å². The minimum Gasteiger partial charge on any atom is -0.489 e. The molecule has 2 N–H and O–H groups in total. The van der Waals surface area contributed by atoms with Crippen molar-refractivity contribution < 1.29 is 14.3 Å². The molecule has 6 nitrogen and oxygen atoms in total. The predicted octanol–water partition coefficient (Wildman–Crippen LogP) is 4.05. The normalized spacial score (nSPS) is 10.7. The number of amides is 2.